The number of amides is 3. The molecule has 80 valence electrons. The van der Waals surface area contributed by atoms with Crippen LogP contribution in [0.2, 0.25) is 0 Å². The number of carbonyl (C=O) groups is 2. The topological polar surface area (TPSA) is 84.2 Å². The quantitative estimate of drug-likeness (QED) is 0.421. The van der Waals surface area contributed by atoms with Gasteiger partial charge in [0.2, 0.25) is 5.91 Å². The Kier molecular flexibility index (Phi) is 7.96. The van der Waals surface area contributed by atoms with Gasteiger partial charge in [0.1, 0.15) is 0 Å². The van der Waals surface area contributed by atoms with Crippen molar-refractivity contribution >= 4 is 23.7 Å². The molecule has 4 N–H and O–H groups in total. The zero-order chi connectivity index (χ0) is 10.8. The van der Waals surface area contributed by atoms with Crippen molar-refractivity contribution in [2.45, 2.75) is 0 Å². The van der Waals surface area contributed by atoms with Crippen LogP contribution in [0.4, 0.5) is 4.79 Å². The van der Waals surface area contributed by atoms with Gasteiger partial charge in [0, 0.05) is 18.8 Å². The first kappa shape index (κ1) is 13.0. The van der Waals surface area contributed by atoms with Crippen molar-refractivity contribution in [3.63, 3.8) is 0 Å². The molecule has 0 fully saturated rings. The Morgan fingerprint density at radius 2 is 2.21 bits per heavy atom. The third-order valence-electron chi connectivity index (χ3n) is 1.16. The Morgan fingerprint density at radius 1 is 1.50 bits per heavy atom. The van der Waals surface area contributed by atoms with Crippen LogP contribution in [-0.2, 0) is 4.79 Å². The zero-order valence-corrected chi connectivity index (χ0v) is 8.73. The molecular weight excluding hydrogens is 202 g/mol. The van der Waals surface area contributed by atoms with Gasteiger partial charge in [-0.1, -0.05) is 6.08 Å². The van der Waals surface area contributed by atoms with Gasteiger partial charge in [0.25, 0.3) is 0 Å². The molecule has 0 heterocycles. The zero-order valence-electron chi connectivity index (χ0n) is 7.91. The summed E-state index contributed by atoms with van der Waals surface area (Å²) in [7, 11) is 0. The highest BCUT2D eigenvalue weighted by Gasteiger charge is 2.05. The number of hydrogen-bond donors (Lipinski definition) is 3. The number of rotatable bonds is 6. The van der Waals surface area contributed by atoms with Gasteiger partial charge in [-0.2, -0.15) is 11.8 Å². The van der Waals surface area contributed by atoms with E-state index in [2.05, 4.69) is 17.2 Å². The maximum atomic E-state index is 11.0. The highest BCUT2D eigenvalue weighted by Crippen LogP contribution is 1.95. The summed E-state index contributed by atoms with van der Waals surface area (Å²) in [6.45, 7) is 4.30. The third kappa shape index (κ3) is 7.63. The van der Waals surface area contributed by atoms with Gasteiger partial charge in [0.05, 0.1) is 5.75 Å². The van der Waals surface area contributed by atoms with Crippen LogP contribution in [0.25, 0.3) is 0 Å². The first-order valence-corrected chi connectivity index (χ1v) is 5.32. The molecule has 0 rings (SSSR count). The second-order valence-electron chi connectivity index (χ2n) is 2.39. The summed E-state index contributed by atoms with van der Waals surface area (Å²) in [5, 5.41) is 4.61. The van der Waals surface area contributed by atoms with E-state index in [1.165, 1.54) is 17.8 Å². The summed E-state index contributed by atoms with van der Waals surface area (Å²) in [6.07, 6.45) is 1.53. The Hall–Kier alpha value is -1.01. The van der Waals surface area contributed by atoms with Crippen molar-refractivity contribution in [2.75, 3.05) is 24.6 Å². The molecule has 0 aliphatic rings. The number of hydrogen-bond acceptors (Lipinski definition) is 4. The van der Waals surface area contributed by atoms with Gasteiger partial charge in [0.15, 0.2) is 0 Å². The molecule has 0 saturated carbocycles. The molecule has 3 amide bonds. The van der Waals surface area contributed by atoms with Crippen LogP contribution in [-0.4, -0.2) is 36.5 Å². The normalized spacial score (nSPS) is 9.21. The second-order valence-corrected chi connectivity index (χ2v) is 3.49. The number of nitrogens with two attached hydrogens (primary N) is 1. The van der Waals surface area contributed by atoms with Crippen LogP contribution in [0.15, 0.2) is 12.7 Å². The number of carbonyl (C=O) groups excluding carboxylic acids is 2. The Labute approximate surface area is 87.5 Å². The second kappa shape index (κ2) is 8.58. The van der Waals surface area contributed by atoms with E-state index in [0.29, 0.717) is 18.8 Å². The Morgan fingerprint density at radius 3 is 2.79 bits per heavy atom. The first-order chi connectivity index (χ1) is 6.70. The molecule has 0 atom stereocenters. The average molecular weight is 217 g/mol. The van der Waals surface area contributed by atoms with E-state index in [1.807, 2.05) is 0 Å². The fourth-order valence-corrected chi connectivity index (χ4v) is 1.19. The molecular formula is C8H15N3O2S. The molecule has 14 heavy (non-hydrogen) atoms. The number of imide groups is 1. The smallest absolute Gasteiger partial charge is 0.321 e. The fourth-order valence-electron chi connectivity index (χ4n) is 0.620. The van der Waals surface area contributed by atoms with E-state index in [1.54, 1.807) is 0 Å². The van der Waals surface area contributed by atoms with Crippen molar-refractivity contribution in [1.29, 1.82) is 0 Å². The van der Waals surface area contributed by atoms with Crippen molar-refractivity contribution in [3.05, 3.63) is 12.7 Å². The van der Waals surface area contributed by atoms with Gasteiger partial charge in [-0.25, -0.2) is 4.79 Å². The van der Waals surface area contributed by atoms with Gasteiger partial charge in [-0.15, -0.1) is 6.58 Å². The van der Waals surface area contributed by atoms with Crippen LogP contribution >= 0.6 is 11.8 Å². The van der Waals surface area contributed by atoms with Gasteiger partial charge in [-0.3, -0.25) is 10.1 Å². The molecule has 0 radical (unpaired) electrons. The van der Waals surface area contributed by atoms with E-state index >= 15 is 0 Å². The fraction of sp³-hybridized carbons (Fsp3) is 0.500. The SMILES string of the molecule is C=CCNC(=O)NC(=O)CSCCN. The summed E-state index contributed by atoms with van der Waals surface area (Å²) in [5.74, 6) is 0.644. The number of urea groups is 1. The minimum Gasteiger partial charge on any atom is -0.334 e. The number of thioether (sulfide) groups is 1. The highest BCUT2D eigenvalue weighted by molar-refractivity contribution is 7.99. The number of nitrogens with one attached hydrogen (secondary N) is 2. The van der Waals surface area contributed by atoms with Crippen LogP contribution in [0.5, 0.6) is 0 Å². The molecule has 5 nitrogen and oxygen atoms in total. The minimum atomic E-state index is -0.497. The molecule has 6 heteroatoms. The molecule has 0 bridgehead atoms. The largest absolute Gasteiger partial charge is 0.334 e. The maximum Gasteiger partial charge on any atom is 0.321 e. The maximum absolute atomic E-state index is 11.0. The van der Waals surface area contributed by atoms with Crippen LogP contribution in [0, 0.1) is 0 Å². The lowest BCUT2D eigenvalue weighted by Crippen LogP contribution is -2.40. The molecule has 0 aromatic heterocycles. The van der Waals surface area contributed by atoms with E-state index in [0.717, 1.165) is 0 Å². The molecule has 0 saturated heterocycles. The average Bonchev–Trinajstić information content (AvgIpc) is 2.15. The summed E-state index contributed by atoms with van der Waals surface area (Å²) in [6, 6.07) is -0.497. The monoisotopic (exact) mass is 217 g/mol. The third-order valence-corrected chi connectivity index (χ3v) is 2.15. The molecule has 0 spiro atoms. The summed E-state index contributed by atoms with van der Waals surface area (Å²) < 4.78 is 0. The van der Waals surface area contributed by atoms with Gasteiger partial charge in [-0.05, 0) is 0 Å². The van der Waals surface area contributed by atoms with Crippen LogP contribution in [0.1, 0.15) is 0 Å². The highest BCUT2D eigenvalue weighted by atomic mass is 32.2. The minimum absolute atomic E-state index is 0.249. The van der Waals surface area contributed by atoms with Crippen molar-refractivity contribution in [2.24, 2.45) is 5.73 Å². The van der Waals surface area contributed by atoms with E-state index < -0.39 is 6.03 Å². The molecule has 0 aromatic carbocycles. The molecule has 0 aliphatic carbocycles. The lowest BCUT2D eigenvalue weighted by atomic mass is 10.6. The first-order valence-electron chi connectivity index (χ1n) is 4.17. The Bertz CT molecular complexity index is 209. The van der Waals surface area contributed by atoms with Crippen LogP contribution in [0.3, 0.4) is 0 Å². The molecule has 0 aliphatic heterocycles. The molecule has 0 aromatic rings. The van der Waals surface area contributed by atoms with Gasteiger partial charge >= 0.3 is 6.03 Å². The van der Waals surface area contributed by atoms with E-state index in [4.69, 9.17) is 5.73 Å². The summed E-state index contributed by atoms with van der Waals surface area (Å²) >= 11 is 1.39. The summed E-state index contributed by atoms with van der Waals surface area (Å²) in [5.41, 5.74) is 5.24. The predicted molar refractivity (Wildman–Crippen MR) is 58.1 cm³/mol. The van der Waals surface area contributed by atoms with E-state index in [9.17, 15) is 9.59 Å². The Balaban J connectivity index is 3.50. The summed E-state index contributed by atoms with van der Waals surface area (Å²) in [4.78, 5) is 22.0. The lowest BCUT2D eigenvalue weighted by molar-refractivity contribution is -0.117. The van der Waals surface area contributed by atoms with Crippen molar-refractivity contribution in [1.82, 2.24) is 10.6 Å². The van der Waals surface area contributed by atoms with E-state index in [-0.39, 0.29) is 11.7 Å². The predicted octanol–water partition coefficient (Wildman–Crippen LogP) is -0.310. The standard InChI is InChI=1S/C8H15N3O2S/c1-2-4-10-8(13)11-7(12)6-14-5-3-9/h2H,1,3-6,9H2,(H2,10,11,12,13). The van der Waals surface area contributed by atoms with Crippen molar-refractivity contribution < 1.29 is 9.59 Å². The molecule has 0 unspecified atom stereocenters. The van der Waals surface area contributed by atoms with Crippen LogP contribution < -0.4 is 16.4 Å². The van der Waals surface area contributed by atoms with Gasteiger partial charge < -0.3 is 11.1 Å². The lowest BCUT2D eigenvalue weighted by Gasteiger charge is -2.03. The van der Waals surface area contributed by atoms with Crippen molar-refractivity contribution in [3.8, 4) is 0 Å².